The fraction of sp³-hybridized carbons (Fsp3) is 0.571. The van der Waals surface area contributed by atoms with Gasteiger partial charge in [0.25, 0.3) is 0 Å². The molecule has 1 aliphatic rings. The SMILES string of the molecule is CC.Cc1cccc(NC2CCN(C)C2)c1. The molecule has 1 atom stereocenters. The van der Waals surface area contributed by atoms with Crippen LogP contribution in [0.25, 0.3) is 0 Å². The first-order chi connectivity index (χ1) is 7.74. The summed E-state index contributed by atoms with van der Waals surface area (Å²) in [6.45, 7) is 8.50. The van der Waals surface area contributed by atoms with Gasteiger partial charge in [-0.3, -0.25) is 0 Å². The van der Waals surface area contributed by atoms with Gasteiger partial charge in [0, 0.05) is 18.3 Å². The quantitative estimate of drug-likeness (QED) is 0.823. The van der Waals surface area contributed by atoms with Gasteiger partial charge in [-0.05, 0) is 44.6 Å². The van der Waals surface area contributed by atoms with Crippen molar-refractivity contribution < 1.29 is 0 Å². The number of nitrogens with zero attached hydrogens (tertiary/aromatic N) is 1. The van der Waals surface area contributed by atoms with Crippen LogP contribution < -0.4 is 5.32 Å². The number of hydrogen-bond acceptors (Lipinski definition) is 2. The summed E-state index contributed by atoms with van der Waals surface area (Å²) in [6.07, 6.45) is 1.25. The van der Waals surface area contributed by atoms with E-state index in [9.17, 15) is 0 Å². The Morgan fingerprint density at radius 3 is 2.62 bits per heavy atom. The summed E-state index contributed by atoms with van der Waals surface area (Å²) in [4.78, 5) is 2.37. The number of likely N-dealkylation sites (N-methyl/N-ethyl adjacent to an activating group) is 1. The fourth-order valence-corrected chi connectivity index (χ4v) is 2.02. The summed E-state index contributed by atoms with van der Waals surface area (Å²) in [5.74, 6) is 0. The molecule has 1 fully saturated rings. The molecule has 1 heterocycles. The predicted molar refractivity (Wildman–Crippen MR) is 72.1 cm³/mol. The maximum absolute atomic E-state index is 3.57. The molecule has 16 heavy (non-hydrogen) atoms. The van der Waals surface area contributed by atoms with Gasteiger partial charge in [-0.1, -0.05) is 26.0 Å². The molecule has 0 saturated carbocycles. The molecule has 2 rings (SSSR count). The lowest BCUT2D eigenvalue weighted by Crippen LogP contribution is -2.23. The van der Waals surface area contributed by atoms with E-state index in [1.807, 2.05) is 13.8 Å². The number of benzene rings is 1. The maximum Gasteiger partial charge on any atom is 0.0400 e. The van der Waals surface area contributed by atoms with Crippen molar-refractivity contribution in [2.24, 2.45) is 0 Å². The molecule has 1 saturated heterocycles. The van der Waals surface area contributed by atoms with Gasteiger partial charge in [0.1, 0.15) is 0 Å². The van der Waals surface area contributed by atoms with Crippen molar-refractivity contribution in [2.45, 2.75) is 33.2 Å². The minimum absolute atomic E-state index is 0.627. The van der Waals surface area contributed by atoms with E-state index in [1.165, 1.54) is 24.2 Å². The topological polar surface area (TPSA) is 15.3 Å². The first kappa shape index (κ1) is 13.0. The Morgan fingerprint density at radius 1 is 1.31 bits per heavy atom. The summed E-state index contributed by atoms with van der Waals surface area (Å²) in [5, 5.41) is 3.57. The zero-order chi connectivity index (χ0) is 12.0. The van der Waals surface area contributed by atoms with Crippen LogP contribution in [0.3, 0.4) is 0 Å². The highest BCUT2D eigenvalue weighted by Crippen LogP contribution is 2.15. The first-order valence-electron chi connectivity index (χ1n) is 6.26. The van der Waals surface area contributed by atoms with Crippen LogP contribution in [-0.2, 0) is 0 Å². The highest BCUT2D eigenvalue weighted by molar-refractivity contribution is 5.46. The van der Waals surface area contributed by atoms with Crippen molar-refractivity contribution in [3.05, 3.63) is 29.8 Å². The molecule has 0 aromatic heterocycles. The van der Waals surface area contributed by atoms with Gasteiger partial charge in [0.2, 0.25) is 0 Å². The largest absolute Gasteiger partial charge is 0.381 e. The molecule has 1 aromatic carbocycles. The molecule has 1 unspecified atom stereocenters. The number of rotatable bonds is 2. The average Bonchev–Trinajstić information content (AvgIpc) is 2.67. The zero-order valence-corrected chi connectivity index (χ0v) is 11.0. The predicted octanol–water partition coefficient (Wildman–Crippen LogP) is 3.14. The maximum atomic E-state index is 3.57. The number of nitrogens with one attached hydrogen (secondary N) is 1. The monoisotopic (exact) mass is 220 g/mol. The summed E-state index contributed by atoms with van der Waals surface area (Å²) in [6, 6.07) is 9.22. The van der Waals surface area contributed by atoms with Gasteiger partial charge in [0.05, 0.1) is 0 Å². The molecule has 0 radical (unpaired) electrons. The zero-order valence-electron chi connectivity index (χ0n) is 11.0. The van der Waals surface area contributed by atoms with E-state index in [4.69, 9.17) is 0 Å². The van der Waals surface area contributed by atoms with Crippen LogP contribution in [0.5, 0.6) is 0 Å². The van der Waals surface area contributed by atoms with Gasteiger partial charge < -0.3 is 10.2 Å². The minimum Gasteiger partial charge on any atom is -0.381 e. The standard InChI is InChI=1S/C12H18N2.C2H6/c1-10-4-3-5-11(8-10)13-12-6-7-14(2)9-12;1-2/h3-5,8,12-13H,6-7,9H2,1-2H3;1-2H3. The van der Waals surface area contributed by atoms with E-state index in [0.717, 1.165) is 6.54 Å². The lowest BCUT2D eigenvalue weighted by molar-refractivity contribution is 0.414. The number of anilines is 1. The van der Waals surface area contributed by atoms with Gasteiger partial charge >= 0.3 is 0 Å². The molecular formula is C14H24N2. The Balaban J connectivity index is 0.000000606. The third kappa shape index (κ3) is 3.86. The smallest absolute Gasteiger partial charge is 0.0400 e. The van der Waals surface area contributed by atoms with Crippen LogP contribution in [0.15, 0.2) is 24.3 Å². The summed E-state index contributed by atoms with van der Waals surface area (Å²) < 4.78 is 0. The molecule has 0 aliphatic carbocycles. The van der Waals surface area contributed by atoms with Crippen molar-refractivity contribution in [1.82, 2.24) is 4.90 Å². The molecule has 0 bridgehead atoms. The molecule has 90 valence electrons. The van der Waals surface area contributed by atoms with Crippen LogP contribution in [0.2, 0.25) is 0 Å². The molecule has 1 N–H and O–H groups in total. The van der Waals surface area contributed by atoms with E-state index in [2.05, 4.69) is 48.5 Å². The van der Waals surface area contributed by atoms with Crippen molar-refractivity contribution in [3.63, 3.8) is 0 Å². The van der Waals surface area contributed by atoms with Crippen molar-refractivity contribution >= 4 is 5.69 Å². The molecule has 2 nitrogen and oxygen atoms in total. The third-order valence-corrected chi connectivity index (χ3v) is 2.78. The summed E-state index contributed by atoms with van der Waals surface area (Å²) in [7, 11) is 2.18. The Kier molecular flexibility index (Phi) is 5.33. The lowest BCUT2D eigenvalue weighted by Gasteiger charge is -2.14. The molecule has 2 heteroatoms. The summed E-state index contributed by atoms with van der Waals surface area (Å²) >= 11 is 0. The van der Waals surface area contributed by atoms with Gasteiger partial charge in [0.15, 0.2) is 0 Å². The molecule has 1 aliphatic heterocycles. The van der Waals surface area contributed by atoms with E-state index in [0.29, 0.717) is 6.04 Å². The molecular weight excluding hydrogens is 196 g/mol. The normalized spacial score (nSPS) is 20.1. The van der Waals surface area contributed by atoms with Gasteiger partial charge in [-0.15, -0.1) is 0 Å². The van der Waals surface area contributed by atoms with Crippen LogP contribution in [-0.4, -0.2) is 31.1 Å². The van der Waals surface area contributed by atoms with E-state index in [1.54, 1.807) is 0 Å². The van der Waals surface area contributed by atoms with Gasteiger partial charge in [-0.2, -0.15) is 0 Å². The Labute approximate surface area is 99.7 Å². The first-order valence-corrected chi connectivity index (χ1v) is 6.26. The molecule has 0 amide bonds. The second-order valence-electron chi connectivity index (χ2n) is 4.26. The number of hydrogen-bond donors (Lipinski definition) is 1. The number of likely N-dealkylation sites (tertiary alicyclic amines) is 1. The van der Waals surface area contributed by atoms with E-state index in [-0.39, 0.29) is 0 Å². The van der Waals surface area contributed by atoms with E-state index >= 15 is 0 Å². The Hall–Kier alpha value is -1.02. The van der Waals surface area contributed by atoms with Crippen LogP contribution in [0, 0.1) is 6.92 Å². The van der Waals surface area contributed by atoms with Gasteiger partial charge in [-0.25, -0.2) is 0 Å². The highest BCUT2D eigenvalue weighted by atomic mass is 15.2. The van der Waals surface area contributed by atoms with Crippen LogP contribution in [0.4, 0.5) is 5.69 Å². The number of aryl methyl sites for hydroxylation is 1. The van der Waals surface area contributed by atoms with Crippen LogP contribution in [0.1, 0.15) is 25.8 Å². The highest BCUT2D eigenvalue weighted by Gasteiger charge is 2.18. The third-order valence-electron chi connectivity index (χ3n) is 2.78. The average molecular weight is 220 g/mol. The fourth-order valence-electron chi connectivity index (χ4n) is 2.02. The molecule has 0 spiro atoms. The molecule has 1 aromatic rings. The van der Waals surface area contributed by atoms with E-state index < -0.39 is 0 Å². The van der Waals surface area contributed by atoms with Crippen LogP contribution >= 0.6 is 0 Å². The van der Waals surface area contributed by atoms with Crippen molar-refractivity contribution in [3.8, 4) is 0 Å². The van der Waals surface area contributed by atoms with Crippen molar-refractivity contribution in [1.29, 1.82) is 0 Å². The minimum atomic E-state index is 0.627. The second-order valence-corrected chi connectivity index (χ2v) is 4.26. The lowest BCUT2D eigenvalue weighted by atomic mass is 10.2. The Bertz CT molecular complexity index is 309. The summed E-state index contributed by atoms with van der Waals surface area (Å²) in [5.41, 5.74) is 2.58. The Morgan fingerprint density at radius 2 is 2.06 bits per heavy atom. The second kappa shape index (κ2) is 6.54. The van der Waals surface area contributed by atoms with Crippen molar-refractivity contribution in [2.75, 3.05) is 25.5 Å².